The molecule has 0 aromatic heterocycles. The second-order valence-corrected chi connectivity index (χ2v) is 7.36. The van der Waals surface area contributed by atoms with Crippen LogP contribution in [-0.4, -0.2) is 23.7 Å². The van der Waals surface area contributed by atoms with E-state index < -0.39 is 0 Å². The molecular formula is C16H25NOS. The van der Waals surface area contributed by atoms with Gasteiger partial charge in [-0.25, -0.2) is 0 Å². The molecule has 0 radical (unpaired) electrons. The zero-order valence-electron chi connectivity index (χ0n) is 12.4. The molecule has 2 unspecified atom stereocenters. The van der Waals surface area contributed by atoms with Crippen molar-refractivity contribution in [1.82, 2.24) is 5.32 Å². The SMILES string of the molecule is CNC(c1cccc(OC(C)C)c1)C1(C)CCCS1. The van der Waals surface area contributed by atoms with Gasteiger partial charge in [-0.1, -0.05) is 12.1 Å². The Bertz CT molecular complexity index is 413. The van der Waals surface area contributed by atoms with Crippen LogP contribution in [0.3, 0.4) is 0 Å². The van der Waals surface area contributed by atoms with Gasteiger partial charge in [-0.05, 0) is 64.1 Å². The highest BCUT2D eigenvalue weighted by molar-refractivity contribution is 8.00. The first-order valence-corrected chi connectivity index (χ1v) is 8.11. The quantitative estimate of drug-likeness (QED) is 0.879. The van der Waals surface area contributed by atoms with Crippen LogP contribution in [0.1, 0.15) is 45.2 Å². The molecule has 1 aromatic rings. The fourth-order valence-corrected chi connectivity index (χ4v) is 4.36. The van der Waals surface area contributed by atoms with Crippen LogP contribution in [0.4, 0.5) is 0 Å². The van der Waals surface area contributed by atoms with Crippen LogP contribution in [0.25, 0.3) is 0 Å². The molecule has 0 saturated carbocycles. The van der Waals surface area contributed by atoms with Crippen molar-refractivity contribution in [2.45, 2.75) is 50.5 Å². The van der Waals surface area contributed by atoms with E-state index in [-0.39, 0.29) is 6.10 Å². The van der Waals surface area contributed by atoms with E-state index in [0.29, 0.717) is 10.8 Å². The lowest BCUT2D eigenvalue weighted by molar-refractivity contribution is 0.242. The lowest BCUT2D eigenvalue weighted by atomic mass is 9.90. The number of ether oxygens (including phenoxy) is 1. The number of hydrogen-bond donors (Lipinski definition) is 1. The maximum Gasteiger partial charge on any atom is 0.120 e. The summed E-state index contributed by atoms with van der Waals surface area (Å²) in [6.45, 7) is 6.51. The molecule has 3 heteroatoms. The third-order valence-electron chi connectivity index (χ3n) is 3.71. The Morgan fingerprint density at radius 1 is 1.37 bits per heavy atom. The minimum Gasteiger partial charge on any atom is -0.491 e. The summed E-state index contributed by atoms with van der Waals surface area (Å²) in [6.07, 6.45) is 2.82. The monoisotopic (exact) mass is 279 g/mol. The molecule has 2 nitrogen and oxygen atoms in total. The van der Waals surface area contributed by atoms with E-state index in [4.69, 9.17) is 4.74 Å². The number of benzene rings is 1. The molecule has 106 valence electrons. The Balaban J connectivity index is 2.23. The average Bonchev–Trinajstić information content (AvgIpc) is 2.77. The van der Waals surface area contributed by atoms with Gasteiger partial charge in [-0.15, -0.1) is 0 Å². The zero-order valence-corrected chi connectivity index (χ0v) is 13.2. The summed E-state index contributed by atoms with van der Waals surface area (Å²) >= 11 is 2.09. The molecule has 1 N–H and O–H groups in total. The molecule has 1 aromatic carbocycles. The summed E-state index contributed by atoms with van der Waals surface area (Å²) in [4.78, 5) is 0. The highest BCUT2D eigenvalue weighted by atomic mass is 32.2. The molecular weight excluding hydrogens is 254 g/mol. The first-order chi connectivity index (χ1) is 9.05. The number of nitrogens with one attached hydrogen (secondary N) is 1. The third-order valence-corrected chi connectivity index (χ3v) is 5.30. The first-order valence-electron chi connectivity index (χ1n) is 7.13. The minimum atomic E-state index is 0.222. The number of hydrogen-bond acceptors (Lipinski definition) is 3. The van der Waals surface area contributed by atoms with Gasteiger partial charge in [0.2, 0.25) is 0 Å². The molecule has 1 aliphatic rings. The fraction of sp³-hybridized carbons (Fsp3) is 0.625. The minimum absolute atomic E-state index is 0.222. The van der Waals surface area contributed by atoms with E-state index in [2.05, 4.69) is 63.1 Å². The summed E-state index contributed by atoms with van der Waals surface area (Å²) in [7, 11) is 2.06. The van der Waals surface area contributed by atoms with Gasteiger partial charge in [-0.3, -0.25) is 0 Å². The normalized spacial score (nSPS) is 24.7. The molecule has 0 spiro atoms. The van der Waals surface area contributed by atoms with Crippen LogP contribution in [0, 0.1) is 0 Å². The van der Waals surface area contributed by atoms with Crippen LogP contribution in [0.5, 0.6) is 5.75 Å². The van der Waals surface area contributed by atoms with E-state index >= 15 is 0 Å². The van der Waals surface area contributed by atoms with E-state index in [1.54, 1.807) is 0 Å². The van der Waals surface area contributed by atoms with Gasteiger partial charge in [0.15, 0.2) is 0 Å². The topological polar surface area (TPSA) is 21.3 Å². The van der Waals surface area contributed by atoms with Gasteiger partial charge in [0.1, 0.15) is 5.75 Å². The van der Waals surface area contributed by atoms with Crippen molar-refractivity contribution in [3.05, 3.63) is 29.8 Å². The van der Waals surface area contributed by atoms with Crippen molar-refractivity contribution in [2.24, 2.45) is 0 Å². The number of rotatable bonds is 5. The smallest absolute Gasteiger partial charge is 0.120 e. The highest BCUT2D eigenvalue weighted by Gasteiger charge is 2.37. The lowest BCUT2D eigenvalue weighted by Gasteiger charge is -2.33. The molecule has 2 atom stereocenters. The van der Waals surface area contributed by atoms with Crippen LogP contribution in [0.2, 0.25) is 0 Å². The summed E-state index contributed by atoms with van der Waals surface area (Å²) in [5.74, 6) is 2.25. The number of thioether (sulfide) groups is 1. The van der Waals surface area contributed by atoms with Crippen molar-refractivity contribution in [1.29, 1.82) is 0 Å². The van der Waals surface area contributed by atoms with Crippen LogP contribution in [-0.2, 0) is 0 Å². The Morgan fingerprint density at radius 2 is 2.16 bits per heavy atom. The Morgan fingerprint density at radius 3 is 2.74 bits per heavy atom. The van der Waals surface area contributed by atoms with E-state index in [1.165, 1.54) is 24.2 Å². The molecule has 1 heterocycles. The zero-order chi connectivity index (χ0) is 13.9. The summed E-state index contributed by atoms with van der Waals surface area (Å²) in [5, 5.41) is 3.50. The van der Waals surface area contributed by atoms with Crippen molar-refractivity contribution >= 4 is 11.8 Å². The van der Waals surface area contributed by atoms with Gasteiger partial charge in [-0.2, -0.15) is 11.8 Å². The van der Waals surface area contributed by atoms with Crippen molar-refractivity contribution < 1.29 is 4.74 Å². The molecule has 19 heavy (non-hydrogen) atoms. The van der Waals surface area contributed by atoms with Crippen LogP contribution < -0.4 is 10.1 Å². The second-order valence-electron chi connectivity index (χ2n) is 5.73. The Labute approximate surface area is 121 Å². The predicted octanol–water partition coefficient (Wildman–Crippen LogP) is 4.02. The maximum atomic E-state index is 5.81. The van der Waals surface area contributed by atoms with E-state index in [1.807, 2.05) is 6.07 Å². The van der Waals surface area contributed by atoms with Gasteiger partial charge < -0.3 is 10.1 Å². The fourth-order valence-electron chi connectivity index (χ4n) is 2.89. The van der Waals surface area contributed by atoms with Gasteiger partial charge >= 0.3 is 0 Å². The van der Waals surface area contributed by atoms with E-state index in [9.17, 15) is 0 Å². The third kappa shape index (κ3) is 3.46. The molecule has 0 amide bonds. The van der Waals surface area contributed by atoms with Crippen molar-refractivity contribution in [2.75, 3.05) is 12.8 Å². The van der Waals surface area contributed by atoms with Crippen molar-refractivity contribution in [3.8, 4) is 5.75 Å². The summed E-state index contributed by atoms with van der Waals surface area (Å²) < 4.78 is 6.11. The lowest BCUT2D eigenvalue weighted by Crippen LogP contribution is -2.35. The van der Waals surface area contributed by atoms with Gasteiger partial charge in [0, 0.05) is 10.8 Å². The Hall–Kier alpha value is -0.670. The largest absolute Gasteiger partial charge is 0.491 e. The summed E-state index contributed by atoms with van der Waals surface area (Å²) in [5.41, 5.74) is 1.33. The molecule has 0 bridgehead atoms. The van der Waals surface area contributed by atoms with Crippen LogP contribution in [0.15, 0.2) is 24.3 Å². The Kier molecular flexibility index (Phi) is 4.80. The molecule has 1 aliphatic heterocycles. The van der Waals surface area contributed by atoms with Gasteiger partial charge in [0.25, 0.3) is 0 Å². The maximum absolute atomic E-state index is 5.81. The molecule has 2 rings (SSSR count). The van der Waals surface area contributed by atoms with Gasteiger partial charge in [0.05, 0.1) is 6.10 Å². The second kappa shape index (κ2) is 6.19. The standard InChI is InChI=1S/C16H25NOS/c1-12(2)18-14-8-5-7-13(11-14)15(17-4)16(3)9-6-10-19-16/h5,7-8,11-12,15,17H,6,9-10H2,1-4H3. The predicted molar refractivity (Wildman–Crippen MR) is 84.1 cm³/mol. The van der Waals surface area contributed by atoms with Crippen molar-refractivity contribution in [3.63, 3.8) is 0 Å². The molecule has 0 aliphatic carbocycles. The van der Waals surface area contributed by atoms with Crippen LogP contribution >= 0.6 is 11.8 Å². The summed E-state index contributed by atoms with van der Waals surface area (Å²) in [6, 6.07) is 8.92. The highest BCUT2D eigenvalue weighted by Crippen LogP contribution is 2.46. The first kappa shape index (κ1) is 14.7. The molecule has 1 saturated heterocycles. The average molecular weight is 279 g/mol. The molecule has 1 fully saturated rings. The van der Waals surface area contributed by atoms with E-state index in [0.717, 1.165) is 5.75 Å².